The van der Waals surface area contributed by atoms with Crippen molar-refractivity contribution in [1.29, 1.82) is 0 Å². The molecule has 1 aliphatic heterocycles. The molecule has 2 amide bonds. The van der Waals surface area contributed by atoms with E-state index in [2.05, 4.69) is 15.5 Å². The molecule has 4 rings (SSSR count). The topological polar surface area (TPSA) is 87.3 Å². The van der Waals surface area contributed by atoms with E-state index in [1.807, 2.05) is 24.3 Å². The molecule has 0 spiro atoms. The van der Waals surface area contributed by atoms with Gasteiger partial charge in [0.2, 0.25) is 11.8 Å². The molecule has 2 N–H and O–H groups in total. The molecule has 0 radical (unpaired) electrons. The molecule has 0 aliphatic carbocycles. The van der Waals surface area contributed by atoms with Gasteiger partial charge in [-0.25, -0.2) is 4.39 Å². The average molecular weight is 396 g/mol. The Kier molecular flexibility index (Phi) is 5.16. The van der Waals surface area contributed by atoms with E-state index < -0.39 is 11.7 Å². The van der Waals surface area contributed by atoms with Gasteiger partial charge in [-0.3, -0.25) is 19.6 Å². The highest BCUT2D eigenvalue weighted by Crippen LogP contribution is 2.31. The van der Waals surface area contributed by atoms with Crippen LogP contribution >= 0.6 is 0 Å². The lowest BCUT2D eigenvalue weighted by molar-refractivity contribution is -0.126. The van der Waals surface area contributed by atoms with E-state index in [-0.39, 0.29) is 36.0 Å². The minimum Gasteiger partial charge on any atom is -0.497 e. The SMILES string of the molecule is COc1ccc(CCNC(=O)C2CC(=O)N(c3n[nH]c4cccc(F)c34)C2)cc1. The number of fused-ring (bicyclic) bond motifs is 1. The first-order valence-corrected chi connectivity index (χ1v) is 9.40. The maximum Gasteiger partial charge on any atom is 0.229 e. The highest BCUT2D eigenvalue weighted by Gasteiger charge is 2.37. The van der Waals surface area contributed by atoms with Crippen LogP contribution in [0.15, 0.2) is 42.5 Å². The third kappa shape index (κ3) is 3.78. The largest absolute Gasteiger partial charge is 0.497 e. The number of rotatable bonds is 6. The van der Waals surface area contributed by atoms with Crippen molar-refractivity contribution in [3.63, 3.8) is 0 Å². The first-order chi connectivity index (χ1) is 14.1. The van der Waals surface area contributed by atoms with Crippen LogP contribution in [0.5, 0.6) is 5.75 Å². The molecule has 1 aliphatic rings. The normalized spacial score (nSPS) is 16.4. The molecule has 8 heteroatoms. The molecule has 0 saturated carbocycles. The second kappa shape index (κ2) is 7.90. The zero-order chi connectivity index (χ0) is 20.4. The number of aromatic nitrogens is 2. The Balaban J connectivity index is 1.37. The Morgan fingerprint density at radius 1 is 1.31 bits per heavy atom. The standard InChI is InChI=1S/C21H21FN4O3/c1-29-15-7-5-13(6-8-15)9-10-23-21(28)14-11-18(27)26(12-14)20-19-16(22)3-2-4-17(19)24-25-20/h2-8,14H,9-12H2,1H3,(H,23,28)(H,24,25). The van der Waals surface area contributed by atoms with Crippen LogP contribution in [0.1, 0.15) is 12.0 Å². The van der Waals surface area contributed by atoms with Gasteiger partial charge in [0.15, 0.2) is 5.82 Å². The number of halogens is 1. The summed E-state index contributed by atoms with van der Waals surface area (Å²) in [6.07, 6.45) is 0.756. The van der Waals surface area contributed by atoms with Crippen molar-refractivity contribution in [2.75, 3.05) is 25.1 Å². The fraction of sp³-hybridized carbons (Fsp3) is 0.286. The van der Waals surface area contributed by atoms with Crippen molar-refractivity contribution in [3.8, 4) is 5.75 Å². The van der Waals surface area contributed by atoms with Crippen LogP contribution in [0.25, 0.3) is 10.9 Å². The van der Waals surface area contributed by atoms with Crippen molar-refractivity contribution >= 4 is 28.5 Å². The lowest BCUT2D eigenvalue weighted by Crippen LogP contribution is -2.34. The smallest absolute Gasteiger partial charge is 0.229 e. The van der Waals surface area contributed by atoms with E-state index >= 15 is 0 Å². The minimum absolute atomic E-state index is 0.0805. The fourth-order valence-corrected chi connectivity index (χ4v) is 3.56. The number of anilines is 1. The predicted molar refractivity (Wildman–Crippen MR) is 106 cm³/mol. The first-order valence-electron chi connectivity index (χ1n) is 9.40. The second-order valence-electron chi connectivity index (χ2n) is 7.00. The number of ether oxygens (including phenoxy) is 1. The average Bonchev–Trinajstić information content (AvgIpc) is 3.32. The molecule has 3 aromatic rings. The zero-order valence-corrected chi connectivity index (χ0v) is 15.9. The number of nitrogens with one attached hydrogen (secondary N) is 2. The quantitative estimate of drug-likeness (QED) is 0.670. The van der Waals surface area contributed by atoms with Crippen LogP contribution in [-0.2, 0) is 16.0 Å². The molecule has 1 saturated heterocycles. The number of methoxy groups -OCH3 is 1. The number of carbonyl (C=O) groups excluding carboxylic acids is 2. The van der Waals surface area contributed by atoms with Crippen molar-refractivity contribution < 1.29 is 18.7 Å². The first kappa shape index (κ1) is 18.9. The molecule has 2 aromatic carbocycles. The van der Waals surface area contributed by atoms with Gasteiger partial charge in [0.1, 0.15) is 11.6 Å². The Hall–Kier alpha value is -3.42. The van der Waals surface area contributed by atoms with E-state index in [0.29, 0.717) is 18.5 Å². The summed E-state index contributed by atoms with van der Waals surface area (Å²) in [5.74, 6) is -0.351. The van der Waals surface area contributed by atoms with Gasteiger partial charge in [-0.05, 0) is 36.2 Å². The summed E-state index contributed by atoms with van der Waals surface area (Å²) >= 11 is 0. The molecule has 29 heavy (non-hydrogen) atoms. The molecule has 1 aromatic heterocycles. The Morgan fingerprint density at radius 2 is 2.10 bits per heavy atom. The van der Waals surface area contributed by atoms with Gasteiger partial charge in [-0.1, -0.05) is 18.2 Å². The Labute approximate surface area is 166 Å². The summed E-state index contributed by atoms with van der Waals surface area (Å²) in [6, 6.07) is 12.2. The molecule has 0 bridgehead atoms. The van der Waals surface area contributed by atoms with Gasteiger partial charge in [0, 0.05) is 19.5 Å². The predicted octanol–water partition coefficient (Wildman–Crippen LogP) is 2.42. The van der Waals surface area contributed by atoms with Crippen LogP contribution in [-0.4, -0.2) is 42.2 Å². The molecular formula is C21H21FN4O3. The van der Waals surface area contributed by atoms with Gasteiger partial charge < -0.3 is 10.1 Å². The second-order valence-corrected chi connectivity index (χ2v) is 7.00. The number of nitrogens with zero attached hydrogens (tertiary/aromatic N) is 2. The molecule has 7 nitrogen and oxygen atoms in total. The number of carbonyl (C=O) groups is 2. The van der Waals surface area contributed by atoms with Gasteiger partial charge in [-0.2, -0.15) is 5.10 Å². The number of H-pyrrole nitrogens is 1. The molecule has 1 fully saturated rings. The van der Waals surface area contributed by atoms with E-state index in [0.717, 1.165) is 11.3 Å². The van der Waals surface area contributed by atoms with Gasteiger partial charge >= 0.3 is 0 Å². The van der Waals surface area contributed by atoms with Crippen molar-refractivity contribution in [2.24, 2.45) is 5.92 Å². The maximum atomic E-state index is 14.2. The summed E-state index contributed by atoms with van der Waals surface area (Å²) in [4.78, 5) is 26.4. The summed E-state index contributed by atoms with van der Waals surface area (Å²) in [7, 11) is 1.61. The highest BCUT2D eigenvalue weighted by molar-refractivity contribution is 6.05. The van der Waals surface area contributed by atoms with Crippen molar-refractivity contribution in [1.82, 2.24) is 15.5 Å². The third-order valence-corrected chi connectivity index (χ3v) is 5.14. The number of hydrogen-bond donors (Lipinski definition) is 2. The van der Waals surface area contributed by atoms with Gasteiger partial charge in [0.05, 0.1) is 23.9 Å². The fourth-order valence-electron chi connectivity index (χ4n) is 3.56. The van der Waals surface area contributed by atoms with Crippen LogP contribution in [0.2, 0.25) is 0 Å². The molecule has 150 valence electrons. The highest BCUT2D eigenvalue weighted by atomic mass is 19.1. The summed E-state index contributed by atoms with van der Waals surface area (Å²) < 4.78 is 19.3. The summed E-state index contributed by atoms with van der Waals surface area (Å²) in [5, 5.41) is 9.98. The zero-order valence-electron chi connectivity index (χ0n) is 15.9. The Bertz CT molecular complexity index is 1050. The van der Waals surface area contributed by atoms with Crippen LogP contribution < -0.4 is 15.0 Å². The van der Waals surface area contributed by atoms with Crippen LogP contribution in [0, 0.1) is 11.7 Å². The number of amides is 2. The van der Waals surface area contributed by atoms with E-state index in [1.54, 1.807) is 19.2 Å². The number of hydrogen-bond acceptors (Lipinski definition) is 4. The van der Waals surface area contributed by atoms with Crippen LogP contribution in [0.3, 0.4) is 0 Å². The van der Waals surface area contributed by atoms with Crippen LogP contribution in [0.4, 0.5) is 10.2 Å². The van der Waals surface area contributed by atoms with E-state index in [1.165, 1.54) is 11.0 Å². The lowest BCUT2D eigenvalue weighted by Gasteiger charge is -2.14. The number of aromatic amines is 1. The van der Waals surface area contributed by atoms with E-state index in [9.17, 15) is 14.0 Å². The van der Waals surface area contributed by atoms with Crippen molar-refractivity contribution in [2.45, 2.75) is 12.8 Å². The summed E-state index contributed by atoms with van der Waals surface area (Å²) in [6.45, 7) is 0.650. The monoisotopic (exact) mass is 396 g/mol. The van der Waals surface area contributed by atoms with Gasteiger partial charge in [-0.15, -0.1) is 0 Å². The van der Waals surface area contributed by atoms with Crippen molar-refractivity contribution in [3.05, 3.63) is 53.8 Å². The molecule has 1 atom stereocenters. The lowest BCUT2D eigenvalue weighted by atomic mass is 10.1. The van der Waals surface area contributed by atoms with Gasteiger partial charge in [0.25, 0.3) is 0 Å². The minimum atomic E-state index is -0.489. The molecular weight excluding hydrogens is 375 g/mol. The molecule has 2 heterocycles. The molecule has 1 unspecified atom stereocenters. The third-order valence-electron chi connectivity index (χ3n) is 5.14. The van der Waals surface area contributed by atoms with E-state index in [4.69, 9.17) is 4.74 Å². The maximum absolute atomic E-state index is 14.2. The summed E-state index contributed by atoms with van der Waals surface area (Å²) in [5.41, 5.74) is 1.59. The number of benzene rings is 2. The Morgan fingerprint density at radius 3 is 2.86 bits per heavy atom.